The Kier molecular flexibility index (Phi) is 3.50. The Labute approximate surface area is 77.5 Å². The third kappa shape index (κ3) is 2.86. The molecule has 12 heavy (non-hydrogen) atoms. The summed E-state index contributed by atoms with van der Waals surface area (Å²) >= 11 is 5.47. The van der Waals surface area contributed by atoms with Crippen LogP contribution < -0.4 is 5.73 Å². The first kappa shape index (κ1) is 8.96. The summed E-state index contributed by atoms with van der Waals surface area (Å²) in [6.07, 6.45) is 0.728. The molecule has 0 saturated heterocycles. The third-order valence-corrected chi connectivity index (χ3v) is 1.55. The topological polar surface area (TPSA) is 26.0 Å². The number of anilines is 1. The standard InChI is InChI=1S/C10H10ClN/c11-8-2-1-3-9-4-6-10(12)7-5-9/h4-7H,2,8,12H2. The van der Waals surface area contributed by atoms with E-state index in [2.05, 4.69) is 11.8 Å². The fourth-order valence-corrected chi connectivity index (χ4v) is 0.873. The van der Waals surface area contributed by atoms with Gasteiger partial charge in [-0.15, -0.1) is 11.6 Å². The second kappa shape index (κ2) is 4.69. The van der Waals surface area contributed by atoms with Crippen LogP contribution in [0.1, 0.15) is 12.0 Å². The lowest BCUT2D eigenvalue weighted by Gasteiger charge is -1.91. The van der Waals surface area contributed by atoms with Crippen molar-refractivity contribution in [3.63, 3.8) is 0 Å². The van der Waals surface area contributed by atoms with E-state index in [0.29, 0.717) is 5.88 Å². The minimum absolute atomic E-state index is 0.585. The summed E-state index contributed by atoms with van der Waals surface area (Å²) in [5, 5.41) is 0. The zero-order valence-corrected chi connectivity index (χ0v) is 7.43. The van der Waals surface area contributed by atoms with Crippen LogP contribution in [0, 0.1) is 11.8 Å². The highest BCUT2D eigenvalue weighted by molar-refractivity contribution is 6.18. The van der Waals surface area contributed by atoms with Crippen molar-refractivity contribution in [2.45, 2.75) is 6.42 Å². The van der Waals surface area contributed by atoms with Crippen molar-refractivity contribution in [2.75, 3.05) is 11.6 Å². The van der Waals surface area contributed by atoms with Crippen molar-refractivity contribution < 1.29 is 0 Å². The van der Waals surface area contributed by atoms with Crippen molar-refractivity contribution in [2.24, 2.45) is 0 Å². The van der Waals surface area contributed by atoms with E-state index in [-0.39, 0.29) is 0 Å². The van der Waals surface area contributed by atoms with Gasteiger partial charge in [-0.3, -0.25) is 0 Å². The van der Waals surface area contributed by atoms with Gasteiger partial charge in [0.2, 0.25) is 0 Å². The molecular formula is C10H10ClN. The Balaban J connectivity index is 2.66. The quantitative estimate of drug-likeness (QED) is 0.400. The van der Waals surface area contributed by atoms with Crippen LogP contribution in [0.2, 0.25) is 0 Å². The van der Waals surface area contributed by atoms with Crippen LogP contribution in [0.25, 0.3) is 0 Å². The summed E-state index contributed by atoms with van der Waals surface area (Å²) in [5.41, 5.74) is 7.25. The maximum atomic E-state index is 5.51. The van der Waals surface area contributed by atoms with Crippen molar-refractivity contribution in [3.8, 4) is 11.8 Å². The van der Waals surface area contributed by atoms with Gasteiger partial charge in [0.1, 0.15) is 0 Å². The average Bonchev–Trinajstić information content (AvgIpc) is 2.09. The minimum atomic E-state index is 0.585. The summed E-state index contributed by atoms with van der Waals surface area (Å²) in [7, 11) is 0. The molecular weight excluding hydrogens is 170 g/mol. The van der Waals surface area contributed by atoms with Gasteiger partial charge in [0, 0.05) is 23.6 Å². The summed E-state index contributed by atoms with van der Waals surface area (Å²) < 4.78 is 0. The van der Waals surface area contributed by atoms with Gasteiger partial charge in [0.25, 0.3) is 0 Å². The molecule has 0 bridgehead atoms. The molecule has 0 fully saturated rings. The second-order valence-corrected chi connectivity index (χ2v) is 2.74. The van der Waals surface area contributed by atoms with Gasteiger partial charge in [0.15, 0.2) is 0 Å². The van der Waals surface area contributed by atoms with Crippen LogP contribution in [0.5, 0.6) is 0 Å². The molecule has 0 spiro atoms. The summed E-state index contributed by atoms with van der Waals surface area (Å²) in [4.78, 5) is 0. The number of alkyl halides is 1. The monoisotopic (exact) mass is 179 g/mol. The number of hydrogen-bond acceptors (Lipinski definition) is 1. The maximum absolute atomic E-state index is 5.51. The van der Waals surface area contributed by atoms with E-state index < -0.39 is 0 Å². The predicted octanol–water partition coefficient (Wildman–Crippen LogP) is 2.25. The molecule has 0 aliphatic rings. The van der Waals surface area contributed by atoms with Crippen LogP contribution >= 0.6 is 11.6 Å². The molecule has 0 atom stereocenters. The van der Waals surface area contributed by atoms with Crippen LogP contribution in [0.3, 0.4) is 0 Å². The lowest BCUT2D eigenvalue weighted by atomic mass is 10.2. The molecule has 0 amide bonds. The predicted molar refractivity (Wildman–Crippen MR) is 53.1 cm³/mol. The first-order valence-corrected chi connectivity index (χ1v) is 4.27. The van der Waals surface area contributed by atoms with Crippen LogP contribution in [-0.2, 0) is 0 Å². The van der Waals surface area contributed by atoms with E-state index in [4.69, 9.17) is 17.3 Å². The number of nitrogens with two attached hydrogens (primary N) is 1. The van der Waals surface area contributed by atoms with E-state index in [1.165, 1.54) is 0 Å². The van der Waals surface area contributed by atoms with Crippen molar-refractivity contribution in [1.29, 1.82) is 0 Å². The summed E-state index contributed by atoms with van der Waals surface area (Å²) in [5.74, 6) is 6.52. The van der Waals surface area contributed by atoms with Crippen LogP contribution in [0.15, 0.2) is 24.3 Å². The van der Waals surface area contributed by atoms with Crippen molar-refractivity contribution in [3.05, 3.63) is 29.8 Å². The highest BCUT2D eigenvalue weighted by atomic mass is 35.5. The van der Waals surface area contributed by atoms with Gasteiger partial charge in [0.05, 0.1) is 0 Å². The van der Waals surface area contributed by atoms with Gasteiger partial charge >= 0.3 is 0 Å². The highest BCUT2D eigenvalue weighted by Crippen LogP contribution is 2.03. The number of benzene rings is 1. The van der Waals surface area contributed by atoms with E-state index in [1.54, 1.807) is 0 Å². The molecule has 0 saturated carbocycles. The number of hydrogen-bond donors (Lipinski definition) is 1. The molecule has 1 aromatic rings. The van der Waals surface area contributed by atoms with E-state index in [9.17, 15) is 0 Å². The molecule has 0 aliphatic heterocycles. The molecule has 1 aromatic carbocycles. The van der Waals surface area contributed by atoms with Gasteiger partial charge in [-0.2, -0.15) is 0 Å². The highest BCUT2D eigenvalue weighted by Gasteiger charge is 1.84. The summed E-state index contributed by atoms with van der Waals surface area (Å²) in [6.45, 7) is 0. The Morgan fingerprint density at radius 3 is 2.50 bits per heavy atom. The fraction of sp³-hybridized carbons (Fsp3) is 0.200. The van der Waals surface area contributed by atoms with Gasteiger partial charge in [-0.05, 0) is 24.3 Å². The van der Waals surface area contributed by atoms with Gasteiger partial charge < -0.3 is 5.73 Å². The fourth-order valence-electron chi connectivity index (χ4n) is 0.778. The molecule has 0 heterocycles. The smallest absolute Gasteiger partial charge is 0.0333 e. The molecule has 0 aromatic heterocycles. The van der Waals surface area contributed by atoms with E-state index in [0.717, 1.165) is 17.7 Å². The van der Waals surface area contributed by atoms with Crippen molar-refractivity contribution >= 4 is 17.3 Å². The minimum Gasteiger partial charge on any atom is -0.399 e. The van der Waals surface area contributed by atoms with Gasteiger partial charge in [-0.1, -0.05) is 11.8 Å². The lowest BCUT2D eigenvalue weighted by molar-refractivity contribution is 1.29. The van der Waals surface area contributed by atoms with Crippen LogP contribution in [-0.4, -0.2) is 5.88 Å². The molecule has 1 nitrogen and oxygen atoms in total. The number of halogens is 1. The molecule has 0 aliphatic carbocycles. The third-order valence-electron chi connectivity index (χ3n) is 1.36. The molecule has 0 radical (unpaired) electrons. The Hall–Kier alpha value is -1.13. The SMILES string of the molecule is Nc1ccc(C#CCCCl)cc1. The molecule has 2 N–H and O–H groups in total. The zero-order valence-electron chi connectivity index (χ0n) is 6.68. The zero-order chi connectivity index (χ0) is 8.81. The normalized spacial score (nSPS) is 8.75. The number of nitrogen functional groups attached to an aromatic ring is 1. The molecule has 1 rings (SSSR count). The Morgan fingerprint density at radius 1 is 1.25 bits per heavy atom. The van der Waals surface area contributed by atoms with Crippen molar-refractivity contribution in [1.82, 2.24) is 0 Å². The summed E-state index contributed by atoms with van der Waals surface area (Å²) in [6, 6.07) is 7.47. The van der Waals surface area contributed by atoms with E-state index >= 15 is 0 Å². The van der Waals surface area contributed by atoms with Gasteiger partial charge in [-0.25, -0.2) is 0 Å². The van der Waals surface area contributed by atoms with E-state index in [1.807, 2.05) is 24.3 Å². The maximum Gasteiger partial charge on any atom is 0.0333 e. The Morgan fingerprint density at radius 2 is 1.92 bits per heavy atom. The molecule has 2 heteroatoms. The average molecular weight is 180 g/mol. The molecule has 62 valence electrons. The number of rotatable bonds is 1. The van der Waals surface area contributed by atoms with Crippen LogP contribution in [0.4, 0.5) is 5.69 Å². The lowest BCUT2D eigenvalue weighted by Crippen LogP contribution is -1.83. The first-order chi connectivity index (χ1) is 5.83. The Bertz CT molecular complexity index is 292. The molecule has 0 unspecified atom stereocenters. The largest absolute Gasteiger partial charge is 0.399 e. The second-order valence-electron chi connectivity index (χ2n) is 2.36. The first-order valence-electron chi connectivity index (χ1n) is 3.73.